The molecule has 0 atom stereocenters. The number of nitrogens with zero attached hydrogens (tertiary/aromatic N) is 3. The molecule has 0 fully saturated rings. The van der Waals surface area contributed by atoms with Crippen LogP contribution in [0.5, 0.6) is 0 Å². The summed E-state index contributed by atoms with van der Waals surface area (Å²) in [7, 11) is 0. The SMILES string of the molecule is Cc1ccc(C)c(CSc2ccc(-c3cccnc3)nn2)c1. The topological polar surface area (TPSA) is 38.7 Å². The van der Waals surface area contributed by atoms with Crippen molar-refractivity contribution in [2.24, 2.45) is 0 Å². The molecule has 0 aliphatic rings. The van der Waals surface area contributed by atoms with E-state index in [1.54, 1.807) is 24.2 Å². The highest BCUT2D eigenvalue weighted by Gasteiger charge is 2.04. The Morgan fingerprint density at radius 3 is 2.64 bits per heavy atom. The second-order valence-corrected chi connectivity index (χ2v) is 6.21. The fourth-order valence-corrected chi connectivity index (χ4v) is 3.05. The second-order valence-electron chi connectivity index (χ2n) is 5.22. The number of hydrogen-bond donors (Lipinski definition) is 0. The van der Waals surface area contributed by atoms with Crippen molar-refractivity contribution in [3.63, 3.8) is 0 Å². The Kier molecular flexibility index (Phi) is 4.49. The molecule has 110 valence electrons. The maximum absolute atomic E-state index is 4.31. The lowest BCUT2D eigenvalue weighted by Crippen LogP contribution is -1.92. The molecule has 0 bridgehead atoms. The van der Waals surface area contributed by atoms with Crippen molar-refractivity contribution in [1.82, 2.24) is 15.2 Å². The largest absolute Gasteiger partial charge is 0.264 e. The van der Waals surface area contributed by atoms with Gasteiger partial charge in [-0.3, -0.25) is 4.98 Å². The zero-order chi connectivity index (χ0) is 15.4. The third-order valence-electron chi connectivity index (χ3n) is 3.48. The van der Waals surface area contributed by atoms with Crippen molar-refractivity contribution in [2.45, 2.75) is 24.6 Å². The van der Waals surface area contributed by atoms with Gasteiger partial charge >= 0.3 is 0 Å². The Morgan fingerprint density at radius 1 is 1.00 bits per heavy atom. The van der Waals surface area contributed by atoms with Gasteiger partial charge in [-0.25, -0.2) is 0 Å². The number of benzene rings is 1. The van der Waals surface area contributed by atoms with Gasteiger partial charge in [-0.1, -0.05) is 35.5 Å². The Balaban J connectivity index is 1.70. The van der Waals surface area contributed by atoms with Gasteiger partial charge in [0, 0.05) is 23.7 Å². The highest BCUT2D eigenvalue weighted by molar-refractivity contribution is 7.98. The van der Waals surface area contributed by atoms with Crippen LogP contribution in [0.3, 0.4) is 0 Å². The van der Waals surface area contributed by atoms with Gasteiger partial charge in [0.15, 0.2) is 0 Å². The lowest BCUT2D eigenvalue weighted by Gasteiger charge is -2.06. The maximum atomic E-state index is 4.31. The second kappa shape index (κ2) is 6.71. The molecule has 0 saturated carbocycles. The van der Waals surface area contributed by atoms with Crippen LogP contribution in [0, 0.1) is 13.8 Å². The quantitative estimate of drug-likeness (QED) is 0.668. The molecule has 22 heavy (non-hydrogen) atoms. The van der Waals surface area contributed by atoms with E-state index in [0.29, 0.717) is 0 Å². The standard InChI is InChI=1S/C18H17N3S/c1-13-5-6-14(2)16(10-13)12-22-18-8-7-17(20-21-18)15-4-3-9-19-11-15/h3-11H,12H2,1-2H3. The predicted molar refractivity (Wildman–Crippen MR) is 90.7 cm³/mol. The van der Waals surface area contributed by atoms with Gasteiger partial charge in [0.2, 0.25) is 0 Å². The highest BCUT2D eigenvalue weighted by Crippen LogP contribution is 2.24. The summed E-state index contributed by atoms with van der Waals surface area (Å²) in [6, 6.07) is 14.5. The first-order valence-corrected chi connectivity index (χ1v) is 8.14. The molecule has 3 nitrogen and oxygen atoms in total. The molecular formula is C18H17N3S. The highest BCUT2D eigenvalue weighted by atomic mass is 32.2. The number of rotatable bonds is 4. The summed E-state index contributed by atoms with van der Waals surface area (Å²) >= 11 is 1.71. The van der Waals surface area contributed by atoms with Crippen molar-refractivity contribution in [3.8, 4) is 11.3 Å². The first-order valence-electron chi connectivity index (χ1n) is 7.15. The van der Waals surface area contributed by atoms with Crippen molar-refractivity contribution >= 4 is 11.8 Å². The minimum absolute atomic E-state index is 0.851. The minimum Gasteiger partial charge on any atom is -0.264 e. The summed E-state index contributed by atoms with van der Waals surface area (Å²) in [6.45, 7) is 4.27. The lowest BCUT2D eigenvalue weighted by molar-refractivity contribution is 0.934. The molecule has 0 aliphatic heterocycles. The molecule has 3 aromatic rings. The van der Waals surface area contributed by atoms with Gasteiger partial charge < -0.3 is 0 Å². The number of aryl methyl sites for hydroxylation is 2. The number of pyridine rings is 1. The van der Waals surface area contributed by atoms with E-state index in [4.69, 9.17) is 0 Å². The molecule has 0 spiro atoms. The summed E-state index contributed by atoms with van der Waals surface area (Å²) < 4.78 is 0. The van der Waals surface area contributed by atoms with Gasteiger partial charge in [0.05, 0.1) is 5.69 Å². The first kappa shape index (κ1) is 14.7. The Bertz CT molecular complexity index is 755. The van der Waals surface area contributed by atoms with Crippen molar-refractivity contribution in [1.29, 1.82) is 0 Å². The van der Waals surface area contributed by atoms with Gasteiger partial charge in [-0.2, -0.15) is 0 Å². The lowest BCUT2D eigenvalue weighted by atomic mass is 10.1. The molecule has 0 N–H and O–H groups in total. The summed E-state index contributed by atoms with van der Waals surface area (Å²) in [6.07, 6.45) is 3.55. The smallest absolute Gasteiger partial charge is 0.119 e. The maximum Gasteiger partial charge on any atom is 0.119 e. The average molecular weight is 307 g/mol. The van der Waals surface area contributed by atoms with E-state index in [1.165, 1.54) is 16.7 Å². The fraction of sp³-hybridized carbons (Fsp3) is 0.167. The van der Waals surface area contributed by atoms with Gasteiger partial charge in [-0.05, 0) is 49.2 Å². The van der Waals surface area contributed by atoms with Crippen LogP contribution in [0.25, 0.3) is 11.3 Å². The summed E-state index contributed by atoms with van der Waals surface area (Å²) in [4.78, 5) is 4.10. The Labute approximate surface area is 134 Å². The predicted octanol–water partition coefficient (Wildman–Crippen LogP) is 4.45. The number of thioether (sulfide) groups is 1. The third-order valence-corrected chi connectivity index (χ3v) is 4.45. The molecule has 0 radical (unpaired) electrons. The van der Waals surface area contributed by atoms with Crippen LogP contribution in [0.1, 0.15) is 16.7 Å². The molecule has 2 aromatic heterocycles. The Hall–Kier alpha value is -2.20. The van der Waals surface area contributed by atoms with Crippen LogP contribution in [-0.4, -0.2) is 15.2 Å². The minimum atomic E-state index is 0.851. The van der Waals surface area contributed by atoms with E-state index in [-0.39, 0.29) is 0 Å². The van der Waals surface area contributed by atoms with Gasteiger partial charge in [0.25, 0.3) is 0 Å². The molecular weight excluding hydrogens is 290 g/mol. The monoisotopic (exact) mass is 307 g/mol. The molecule has 2 heterocycles. The van der Waals surface area contributed by atoms with E-state index in [1.807, 2.05) is 24.3 Å². The zero-order valence-corrected chi connectivity index (χ0v) is 13.5. The van der Waals surface area contributed by atoms with E-state index in [0.717, 1.165) is 22.0 Å². The van der Waals surface area contributed by atoms with Crippen LogP contribution in [-0.2, 0) is 5.75 Å². The van der Waals surface area contributed by atoms with Gasteiger partial charge in [-0.15, -0.1) is 10.2 Å². The molecule has 1 aromatic carbocycles. The summed E-state index contributed by atoms with van der Waals surface area (Å²) in [5.41, 5.74) is 5.80. The molecule has 0 unspecified atom stereocenters. The van der Waals surface area contributed by atoms with E-state index >= 15 is 0 Å². The van der Waals surface area contributed by atoms with Crippen LogP contribution in [0.15, 0.2) is 59.9 Å². The van der Waals surface area contributed by atoms with Crippen LogP contribution < -0.4 is 0 Å². The third kappa shape index (κ3) is 3.52. The molecule has 3 rings (SSSR count). The zero-order valence-electron chi connectivity index (χ0n) is 12.7. The fourth-order valence-electron chi connectivity index (χ4n) is 2.17. The first-order chi connectivity index (χ1) is 10.7. The average Bonchev–Trinajstić information content (AvgIpc) is 2.57. The summed E-state index contributed by atoms with van der Waals surface area (Å²) in [5, 5.41) is 9.54. The van der Waals surface area contributed by atoms with Crippen LogP contribution in [0.4, 0.5) is 0 Å². The molecule has 0 aliphatic carbocycles. The van der Waals surface area contributed by atoms with Crippen LogP contribution >= 0.6 is 11.8 Å². The van der Waals surface area contributed by atoms with E-state index in [9.17, 15) is 0 Å². The van der Waals surface area contributed by atoms with Crippen molar-refractivity contribution in [3.05, 3.63) is 71.5 Å². The van der Waals surface area contributed by atoms with E-state index < -0.39 is 0 Å². The molecule has 0 amide bonds. The summed E-state index contributed by atoms with van der Waals surface area (Å²) in [5.74, 6) is 0.911. The molecule has 4 heteroatoms. The number of hydrogen-bond acceptors (Lipinski definition) is 4. The van der Waals surface area contributed by atoms with Crippen molar-refractivity contribution < 1.29 is 0 Å². The van der Waals surface area contributed by atoms with Gasteiger partial charge in [0.1, 0.15) is 5.03 Å². The van der Waals surface area contributed by atoms with E-state index in [2.05, 4.69) is 47.2 Å². The van der Waals surface area contributed by atoms with Crippen LogP contribution in [0.2, 0.25) is 0 Å². The molecule has 0 saturated heterocycles. The Morgan fingerprint density at radius 2 is 1.91 bits per heavy atom. The number of aromatic nitrogens is 3. The van der Waals surface area contributed by atoms with Crippen molar-refractivity contribution in [2.75, 3.05) is 0 Å². The normalized spacial score (nSPS) is 10.6.